The fraction of sp³-hybridized carbons (Fsp3) is 0.250. The maximum atomic E-state index is 12.6. The zero-order valence-electron chi connectivity index (χ0n) is 13.0. The number of ketones is 1. The van der Waals surface area contributed by atoms with Crippen LogP contribution in [0.15, 0.2) is 29.8 Å². The van der Waals surface area contributed by atoms with Crippen molar-refractivity contribution in [3.8, 4) is 10.6 Å². The van der Waals surface area contributed by atoms with Crippen molar-refractivity contribution in [3.63, 3.8) is 0 Å². The van der Waals surface area contributed by atoms with Crippen LogP contribution in [0.2, 0.25) is 0 Å². The van der Waals surface area contributed by atoms with Gasteiger partial charge in [-0.15, -0.1) is 11.3 Å². The highest BCUT2D eigenvalue weighted by atomic mass is 32.1. The number of Topliss-reactive ketones (excluding diaryl/α,β-unsaturated/α-hetero) is 1. The average molecular weight is 341 g/mol. The first-order valence-corrected chi connectivity index (χ1v) is 8.45. The number of nitrogens with zero attached hydrogens (tertiary/aromatic N) is 4. The number of H-pyrrole nitrogens is 1. The predicted molar refractivity (Wildman–Crippen MR) is 88.9 cm³/mol. The molecule has 0 fully saturated rings. The second-order valence-electron chi connectivity index (χ2n) is 5.64. The number of aromatic amines is 1. The molecule has 1 N–H and O–H groups in total. The molecule has 8 heteroatoms. The van der Waals surface area contributed by atoms with Crippen molar-refractivity contribution in [2.24, 2.45) is 0 Å². The zero-order chi connectivity index (χ0) is 16.7. The van der Waals surface area contributed by atoms with Gasteiger partial charge in [-0.05, 0) is 17.5 Å². The molecule has 24 heavy (non-hydrogen) atoms. The van der Waals surface area contributed by atoms with Gasteiger partial charge in [0.15, 0.2) is 5.78 Å². The largest absolute Gasteiger partial charge is 0.328 e. The van der Waals surface area contributed by atoms with Gasteiger partial charge in [0, 0.05) is 20.0 Å². The van der Waals surface area contributed by atoms with Crippen molar-refractivity contribution in [3.05, 3.63) is 47.0 Å². The van der Waals surface area contributed by atoms with Crippen LogP contribution in [-0.4, -0.2) is 42.9 Å². The van der Waals surface area contributed by atoms with Crippen LogP contribution in [0.3, 0.4) is 0 Å². The standard InChI is InChI=1S/C16H15N5O2S/c1-10(22)11-7-12(19-18-11)16(23)20-4-5-21-13(8-17-15(21)9-20)14-3-2-6-24-14/h2-3,6-8H,4-5,9H2,1H3,(H,18,19). The van der Waals surface area contributed by atoms with Crippen LogP contribution in [0.5, 0.6) is 0 Å². The Bertz CT molecular complexity index is 909. The fourth-order valence-corrected chi connectivity index (χ4v) is 3.58. The van der Waals surface area contributed by atoms with E-state index < -0.39 is 0 Å². The minimum atomic E-state index is -0.167. The van der Waals surface area contributed by atoms with E-state index in [0.29, 0.717) is 25.3 Å². The fourth-order valence-electron chi connectivity index (χ4n) is 2.84. The molecule has 0 atom stereocenters. The van der Waals surface area contributed by atoms with E-state index in [1.807, 2.05) is 17.6 Å². The lowest BCUT2D eigenvalue weighted by Crippen LogP contribution is -2.38. The molecule has 0 saturated heterocycles. The first kappa shape index (κ1) is 14.8. The van der Waals surface area contributed by atoms with Crippen LogP contribution in [-0.2, 0) is 13.1 Å². The lowest BCUT2D eigenvalue weighted by Gasteiger charge is -2.28. The molecule has 122 valence electrons. The number of carbonyl (C=O) groups excluding carboxylic acids is 2. The molecule has 0 spiro atoms. The molecule has 7 nitrogen and oxygen atoms in total. The molecular weight excluding hydrogens is 326 g/mol. The predicted octanol–water partition coefficient (Wildman–Crippen LogP) is 2.19. The number of fused-ring (bicyclic) bond motifs is 1. The van der Waals surface area contributed by atoms with Gasteiger partial charge in [0.2, 0.25) is 0 Å². The highest BCUT2D eigenvalue weighted by Crippen LogP contribution is 2.27. The van der Waals surface area contributed by atoms with Crippen LogP contribution < -0.4 is 0 Å². The molecule has 4 rings (SSSR count). The summed E-state index contributed by atoms with van der Waals surface area (Å²) in [7, 11) is 0. The Morgan fingerprint density at radius 1 is 1.33 bits per heavy atom. The van der Waals surface area contributed by atoms with Crippen molar-refractivity contribution >= 4 is 23.0 Å². The molecule has 0 aliphatic carbocycles. The minimum Gasteiger partial charge on any atom is -0.328 e. The molecule has 0 saturated carbocycles. The number of aromatic nitrogens is 4. The minimum absolute atomic E-state index is 0.165. The second-order valence-corrected chi connectivity index (χ2v) is 6.59. The molecule has 1 amide bonds. The summed E-state index contributed by atoms with van der Waals surface area (Å²) in [4.78, 5) is 31.3. The third-order valence-corrected chi connectivity index (χ3v) is 4.99. The summed E-state index contributed by atoms with van der Waals surface area (Å²) < 4.78 is 2.16. The first-order valence-electron chi connectivity index (χ1n) is 7.57. The summed E-state index contributed by atoms with van der Waals surface area (Å²) >= 11 is 1.68. The summed E-state index contributed by atoms with van der Waals surface area (Å²) in [5.74, 6) is 0.534. The van der Waals surface area contributed by atoms with Crippen molar-refractivity contribution < 1.29 is 9.59 Å². The first-order chi connectivity index (χ1) is 11.6. The van der Waals surface area contributed by atoms with Gasteiger partial charge < -0.3 is 9.47 Å². The van der Waals surface area contributed by atoms with Crippen LogP contribution in [0.4, 0.5) is 0 Å². The topological polar surface area (TPSA) is 83.9 Å². The Kier molecular flexibility index (Phi) is 3.53. The van der Waals surface area contributed by atoms with E-state index >= 15 is 0 Å². The monoisotopic (exact) mass is 341 g/mol. The number of thiophene rings is 1. The Labute approximate surface area is 141 Å². The lowest BCUT2D eigenvalue weighted by atomic mass is 10.2. The Hall–Kier alpha value is -2.74. The van der Waals surface area contributed by atoms with Gasteiger partial charge in [-0.3, -0.25) is 14.7 Å². The maximum absolute atomic E-state index is 12.6. The molecular formula is C16H15N5O2S. The number of hydrogen-bond donors (Lipinski definition) is 1. The number of hydrogen-bond acceptors (Lipinski definition) is 5. The molecule has 0 aromatic carbocycles. The molecule has 3 aromatic rings. The normalized spacial score (nSPS) is 13.8. The second kappa shape index (κ2) is 5.72. The van der Waals surface area contributed by atoms with Gasteiger partial charge in [0.1, 0.15) is 17.2 Å². The highest BCUT2D eigenvalue weighted by molar-refractivity contribution is 7.13. The van der Waals surface area contributed by atoms with Gasteiger partial charge >= 0.3 is 0 Å². The molecule has 1 aliphatic rings. The van der Waals surface area contributed by atoms with Crippen molar-refractivity contribution in [2.75, 3.05) is 6.54 Å². The van der Waals surface area contributed by atoms with Crippen LogP contribution >= 0.6 is 11.3 Å². The van der Waals surface area contributed by atoms with Crippen molar-refractivity contribution in [1.29, 1.82) is 0 Å². The summed E-state index contributed by atoms with van der Waals surface area (Å²) in [5, 5.41) is 8.56. The number of rotatable bonds is 3. The molecule has 0 unspecified atom stereocenters. The van der Waals surface area contributed by atoms with E-state index in [2.05, 4.69) is 25.8 Å². The van der Waals surface area contributed by atoms with Crippen LogP contribution in [0, 0.1) is 0 Å². The quantitative estimate of drug-likeness (QED) is 0.740. The van der Waals surface area contributed by atoms with E-state index in [1.165, 1.54) is 17.9 Å². The van der Waals surface area contributed by atoms with Gasteiger partial charge in [0.05, 0.1) is 23.3 Å². The molecule has 4 heterocycles. The van der Waals surface area contributed by atoms with E-state index in [-0.39, 0.29) is 17.4 Å². The SMILES string of the molecule is CC(=O)c1cc(C(=O)N2CCn3c(-c4cccs4)cnc3C2)[nH]n1. The average Bonchev–Trinajstić information content (AvgIpc) is 3.31. The van der Waals surface area contributed by atoms with Crippen molar-refractivity contribution in [2.45, 2.75) is 20.0 Å². The molecule has 1 aliphatic heterocycles. The van der Waals surface area contributed by atoms with E-state index in [1.54, 1.807) is 16.2 Å². The number of nitrogens with one attached hydrogen (secondary N) is 1. The van der Waals surface area contributed by atoms with E-state index in [4.69, 9.17) is 0 Å². The molecule has 0 radical (unpaired) electrons. The van der Waals surface area contributed by atoms with Gasteiger partial charge in [-0.1, -0.05) is 6.07 Å². The van der Waals surface area contributed by atoms with Gasteiger partial charge in [-0.25, -0.2) is 4.98 Å². The smallest absolute Gasteiger partial charge is 0.272 e. The number of imidazole rings is 1. The third-order valence-electron chi connectivity index (χ3n) is 4.09. The van der Waals surface area contributed by atoms with Crippen molar-refractivity contribution in [1.82, 2.24) is 24.6 Å². The number of amides is 1. The summed E-state index contributed by atoms with van der Waals surface area (Å²) in [6.45, 7) is 3.16. The number of carbonyl (C=O) groups is 2. The Balaban J connectivity index is 1.56. The van der Waals surface area contributed by atoms with E-state index in [0.717, 1.165) is 11.5 Å². The summed E-state index contributed by atoms with van der Waals surface area (Å²) in [6, 6.07) is 5.59. The zero-order valence-corrected chi connectivity index (χ0v) is 13.8. The summed E-state index contributed by atoms with van der Waals surface area (Å²) in [6.07, 6.45) is 1.86. The maximum Gasteiger partial charge on any atom is 0.272 e. The Morgan fingerprint density at radius 2 is 2.21 bits per heavy atom. The van der Waals surface area contributed by atoms with Gasteiger partial charge in [-0.2, -0.15) is 5.10 Å². The molecule has 0 bridgehead atoms. The Morgan fingerprint density at radius 3 is 2.92 bits per heavy atom. The van der Waals surface area contributed by atoms with Crippen LogP contribution in [0.1, 0.15) is 33.7 Å². The van der Waals surface area contributed by atoms with E-state index in [9.17, 15) is 9.59 Å². The highest BCUT2D eigenvalue weighted by Gasteiger charge is 2.26. The van der Waals surface area contributed by atoms with Gasteiger partial charge in [0.25, 0.3) is 5.91 Å². The summed E-state index contributed by atoms with van der Waals surface area (Å²) in [5.41, 5.74) is 1.70. The lowest BCUT2D eigenvalue weighted by molar-refractivity contribution is 0.0702. The molecule has 3 aromatic heterocycles. The van der Waals surface area contributed by atoms with Crippen LogP contribution in [0.25, 0.3) is 10.6 Å². The third kappa shape index (κ3) is 2.44.